The van der Waals surface area contributed by atoms with Gasteiger partial charge in [-0.05, 0) is 30.3 Å². The van der Waals surface area contributed by atoms with Crippen molar-refractivity contribution in [2.24, 2.45) is 0 Å². The number of aromatic nitrogens is 1. The number of halogens is 1. The van der Waals surface area contributed by atoms with Crippen LogP contribution in [0.4, 0.5) is 9.52 Å². The molecule has 0 aliphatic heterocycles. The monoisotopic (exact) mass is 358 g/mol. The zero-order valence-corrected chi connectivity index (χ0v) is 14.4. The van der Waals surface area contributed by atoms with E-state index in [1.807, 2.05) is 0 Å². The molecule has 1 amide bonds. The minimum absolute atomic E-state index is 0.170. The fraction of sp³-hybridized carbons (Fsp3) is 0.111. The summed E-state index contributed by atoms with van der Waals surface area (Å²) in [4.78, 5) is 16.7. The van der Waals surface area contributed by atoms with Crippen LogP contribution < -0.4 is 14.8 Å². The van der Waals surface area contributed by atoms with Gasteiger partial charge in [-0.2, -0.15) is 0 Å². The van der Waals surface area contributed by atoms with E-state index in [9.17, 15) is 9.18 Å². The molecule has 3 rings (SSSR count). The fourth-order valence-electron chi connectivity index (χ4n) is 2.29. The van der Waals surface area contributed by atoms with Crippen molar-refractivity contribution in [2.75, 3.05) is 19.5 Å². The number of hydrogen-bond acceptors (Lipinski definition) is 5. The molecule has 0 saturated carbocycles. The smallest absolute Gasteiger partial charge is 0.261 e. The molecule has 0 saturated heterocycles. The zero-order valence-electron chi connectivity index (χ0n) is 13.6. The van der Waals surface area contributed by atoms with E-state index in [1.165, 1.54) is 37.7 Å². The molecule has 0 spiro atoms. The molecular weight excluding hydrogens is 343 g/mol. The number of carbonyl (C=O) groups is 1. The summed E-state index contributed by atoms with van der Waals surface area (Å²) < 4.78 is 23.9. The lowest BCUT2D eigenvalue weighted by molar-refractivity contribution is 0.102. The highest BCUT2D eigenvalue weighted by atomic mass is 32.1. The molecule has 0 atom stereocenters. The third-order valence-corrected chi connectivity index (χ3v) is 4.28. The Morgan fingerprint density at radius 3 is 2.60 bits per heavy atom. The first-order chi connectivity index (χ1) is 12.1. The molecule has 2 aromatic carbocycles. The molecule has 1 aromatic heterocycles. The minimum atomic E-state index is -0.465. The number of rotatable bonds is 5. The minimum Gasteiger partial charge on any atom is -0.496 e. The average molecular weight is 358 g/mol. The molecule has 0 aliphatic rings. The predicted molar refractivity (Wildman–Crippen MR) is 95.0 cm³/mol. The Balaban J connectivity index is 1.80. The van der Waals surface area contributed by atoms with Gasteiger partial charge < -0.3 is 9.47 Å². The van der Waals surface area contributed by atoms with Gasteiger partial charge in [-0.25, -0.2) is 9.37 Å². The van der Waals surface area contributed by atoms with Gasteiger partial charge in [-0.1, -0.05) is 12.1 Å². The third-order valence-electron chi connectivity index (χ3n) is 3.52. The first-order valence-electron chi connectivity index (χ1n) is 7.36. The standard InChI is InChI=1S/C18H15FN2O3S/c1-23-15-6-4-3-5-12(15)17(22)21-18-20-14(10-25-18)11-7-8-16(24-2)13(19)9-11/h3-10H,1-2H3,(H,20,21,22). The van der Waals surface area contributed by atoms with Crippen molar-refractivity contribution in [3.63, 3.8) is 0 Å². The van der Waals surface area contributed by atoms with Gasteiger partial charge in [-0.15, -0.1) is 11.3 Å². The summed E-state index contributed by atoms with van der Waals surface area (Å²) in [5.74, 6) is -0.135. The van der Waals surface area contributed by atoms with E-state index in [0.717, 1.165) is 0 Å². The van der Waals surface area contributed by atoms with Crippen LogP contribution in [-0.4, -0.2) is 25.1 Å². The van der Waals surface area contributed by atoms with Crippen molar-refractivity contribution >= 4 is 22.4 Å². The lowest BCUT2D eigenvalue weighted by Gasteiger charge is -2.07. The highest BCUT2D eigenvalue weighted by molar-refractivity contribution is 7.14. The van der Waals surface area contributed by atoms with Crippen LogP contribution >= 0.6 is 11.3 Å². The van der Waals surface area contributed by atoms with E-state index in [1.54, 1.807) is 35.7 Å². The first kappa shape index (κ1) is 16.9. The largest absolute Gasteiger partial charge is 0.496 e. The SMILES string of the molecule is COc1ccc(-c2csc(NC(=O)c3ccccc3OC)n2)cc1F. The van der Waals surface area contributed by atoms with E-state index in [-0.39, 0.29) is 11.7 Å². The Morgan fingerprint density at radius 2 is 1.88 bits per heavy atom. The normalized spacial score (nSPS) is 10.4. The second-order valence-corrected chi connectivity index (χ2v) is 5.90. The first-order valence-corrected chi connectivity index (χ1v) is 8.24. The number of methoxy groups -OCH3 is 2. The third kappa shape index (κ3) is 3.61. The quantitative estimate of drug-likeness (QED) is 0.742. The topological polar surface area (TPSA) is 60.5 Å². The van der Waals surface area contributed by atoms with Crippen LogP contribution in [0.25, 0.3) is 11.3 Å². The second kappa shape index (κ2) is 7.31. The maximum atomic E-state index is 13.8. The molecular formula is C18H15FN2O3S. The lowest BCUT2D eigenvalue weighted by Crippen LogP contribution is -2.12. The van der Waals surface area contributed by atoms with Crippen molar-refractivity contribution in [3.8, 4) is 22.8 Å². The van der Waals surface area contributed by atoms with E-state index in [2.05, 4.69) is 10.3 Å². The Hall–Kier alpha value is -2.93. The molecule has 1 heterocycles. The Labute approximate surface area is 148 Å². The van der Waals surface area contributed by atoms with E-state index in [4.69, 9.17) is 9.47 Å². The number of ether oxygens (including phenoxy) is 2. The maximum Gasteiger partial charge on any atom is 0.261 e. The summed E-state index contributed by atoms with van der Waals surface area (Å²) in [6.45, 7) is 0. The number of benzene rings is 2. The van der Waals surface area contributed by atoms with Crippen LogP contribution in [0.3, 0.4) is 0 Å². The van der Waals surface area contributed by atoms with Crippen LogP contribution in [0.1, 0.15) is 10.4 Å². The van der Waals surface area contributed by atoms with Crippen molar-refractivity contribution in [1.29, 1.82) is 0 Å². The number of nitrogens with zero attached hydrogens (tertiary/aromatic N) is 1. The number of para-hydroxylation sites is 1. The number of carbonyl (C=O) groups excluding carboxylic acids is 1. The van der Waals surface area contributed by atoms with E-state index >= 15 is 0 Å². The fourth-order valence-corrected chi connectivity index (χ4v) is 3.00. The van der Waals surface area contributed by atoms with E-state index < -0.39 is 5.82 Å². The Morgan fingerprint density at radius 1 is 1.12 bits per heavy atom. The average Bonchev–Trinajstić information content (AvgIpc) is 3.10. The van der Waals surface area contributed by atoms with Gasteiger partial charge in [0.1, 0.15) is 5.75 Å². The molecule has 1 N–H and O–H groups in total. The highest BCUT2D eigenvalue weighted by Crippen LogP contribution is 2.29. The molecule has 3 aromatic rings. The van der Waals surface area contributed by atoms with Gasteiger partial charge in [0, 0.05) is 10.9 Å². The summed E-state index contributed by atoms with van der Waals surface area (Å²) in [5.41, 5.74) is 1.59. The number of anilines is 1. The molecule has 0 unspecified atom stereocenters. The molecule has 0 radical (unpaired) electrons. The number of amides is 1. The summed E-state index contributed by atoms with van der Waals surface area (Å²) in [6, 6.07) is 11.5. The van der Waals surface area contributed by atoms with Crippen molar-refractivity contribution in [1.82, 2.24) is 4.98 Å². The van der Waals surface area contributed by atoms with Gasteiger partial charge in [0.15, 0.2) is 16.7 Å². The Bertz CT molecular complexity index is 911. The summed E-state index contributed by atoms with van der Waals surface area (Å²) in [7, 11) is 2.91. The van der Waals surface area contributed by atoms with Gasteiger partial charge in [0.2, 0.25) is 0 Å². The highest BCUT2D eigenvalue weighted by Gasteiger charge is 2.14. The molecule has 0 aliphatic carbocycles. The van der Waals surface area contributed by atoms with Crippen LogP contribution in [0.5, 0.6) is 11.5 Å². The molecule has 0 fully saturated rings. The van der Waals surface area contributed by atoms with Crippen molar-refractivity contribution in [3.05, 3.63) is 59.2 Å². The van der Waals surface area contributed by atoms with Crippen LogP contribution in [-0.2, 0) is 0 Å². The van der Waals surface area contributed by atoms with Gasteiger partial charge >= 0.3 is 0 Å². The van der Waals surface area contributed by atoms with Crippen LogP contribution in [0.15, 0.2) is 47.8 Å². The molecule has 5 nitrogen and oxygen atoms in total. The van der Waals surface area contributed by atoms with Crippen LogP contribution in [0, 0.1) is 5.82 Å². The summed E-state index contributed by atoms with van der Waals surface area (Å²) >= 11 is 1.26. The van der Waals surface area contributed by atoms with Gasteiger partial charge in [0.25, 0.3) is 5.91 Å². The summed E-state index contributed by atoms with van der Waals surface area (Å²) in [6.07, 6.45) is 0. The predicted octanol–water partition coefficient (Wildman–Crippen LogP) is 4.22. The Kier molecular flexibility index (Phi) is 4.95. The number of nitrogens with one attached hydrogen (secondary N) is 1. The molecule has 128 valence electrons. The van der Waals surface area contributed by atoms with Crippen molar-refractivity contribution in [2.45, 2.75) is 0 Å². The van der Waals surface area contributed by atoms with Gasteiger partial charge in [-0.3, -0.25) is 10.1 Å². The lowest BCUT2D eigenvalue weighted by atomic mass is 10.1. The summed E-state index contributed by atoms with van der Waals surface area (Å²) in [5, 5.41) is 4.90. The van der Waals surface area contributed by atoms with E-state index in [0.29, 0.717) is 27.7 Å². The second-order valence-electron chi connectivity index (χ2n) is 5.04. The maximum absolute atomic E-state index is 13.8. The van der Waals surface area contributed by atoms with Crippen LogP contribution in [0.2, 0.25) is 0 Å². The zero-order chi connectivity index (χ0) is 17.8. The molecule has 7 heteroatoms. The van der Waals surface area contributed by atoms with Gasteiger partial charge in [0.05, 0.1) is 25.5 Å². The molecule has 0 bridgehead atoms. The number of hydrogen-bond donors (Lipinski definition) is 1. The number of thiazole rings is 1. The van der Waals surface area contributed by atoms with Crippen molar-refractivity contribution < 1.29 is 18.7 Å². The molecule has 25 heavy (non-hydrogen) atoms.